The minimum Gasteiger partial charge on any atom is -0.338 e. The van der Waals surface area contributed by atoms with Crippen LogP contribution in [0.1, 0.15) is 6.92 Å². The van der Waals surface area contributed by atoms with E-state index < -0.39 is 5.92 Å². The number of carbonyl (C=O) groups is 1. The van der Waals surface area contributed by atoms with Gasteiger partial charge >= 0.3 is 0 Å². The Labute approximate surface area is 86.6 Å². The fourth-order valence-electron chi connectivity index (χ4n) is 1.34. The topological polar surface area (TPSA) is 76.7 Å². The van der Waals surface area contributed by atoms with Crippen LogP contribution in [0.3, 0.4) is 0 Å². The average molecular weight is 207 g/mol. The SMILES string of the molecule is CSC1NC(=O)C(C#N)=C(C)C1C#N. The highest BCUT2D eigenvalue weighted by Gasteiger charge is 2.33. The first-order valence-corrected chi connectivity index (χ1v) is 5.28. The predicted octanol–water partition coefficient (Wildman–Crippen LogP) is 0.785. The molecule has 2 unspecified atom stereocenters. The van der Waals surface area contributed by atoms with Crippen molar-refractivity contribution >= 4 is 17.7 Å². The highest BCUT2D eigenvalue weighted by Crippen LogP contribution is 2.27. The number of hydrogen-bond acceptors (Lipinski definition) is 4. The largest absolute Gasteiger partial charge is 0.338 e. The molecule has 0 saturated heterocycles. The van der Waals surface area contributed by atoms with Gasteiger partial charge in [0.25, 0.3) is 5.91 Å². The fourth-order valence-corrected chi connectivity index (χ4v) is 2.11. The van der Waals surface area contributed by atoms with Crippen LogP contribution < -0.4 is 5.32 Å². The van der Waals surface area contributed by atoms with E-state index in [1.807, 2.05) is 12.3 Å². The molecule has 1 rings (SSSR count). The van der Waals surface area contributed by atoms with E-state index in [1.54, 1.807) is 6.92 Å². The Morgan fingerprint density at radius 2 is 2.14 bits per heavy atom. The number of nitrogens with one attached hydrogen (secondary N) is 1. The van der Waals surface area contributed by atoms with Crippen LogP contribution in [0, 0.1) is 28.6 Å². The van der Waals surface area contributed by atoms with Crippen LogP contribution >= 0.6 is 11.8 Å². The van der Waals surface area contributed by atoms with Crippen molar-refractivity contribution in [2.75, 3.05) is 6.26 Å². The third-order valence-electron chi connectivity index (χ3n) is 2.17. The lowest BCUT2D eigenvalue weighted by Gasteiger charge is -2.27. The molecule has 1 N–H and O–H groups in total. The Bertz CT molecular complexity index is 374. The average Bonchev–Trinajstić information content (AvgIpc) is 2.17. The summed E-state index contributed by atoms with van der Waals surface area (Å²) in [5.74, 6) is -0.784. The molecular formula is C9H9N3OS. The maximum atomic E-state index is 11.4. The molecule has 0 bridgehead atoms. The van der Waals surface area contributed by atoms with Crippen LogP contribution in [0.4, 0.5) is 0 Å². The maximum absolute atomic E-state index is 11.4. The molecule has 0 aromatic rings. The Morgan fingerprint density at radius 3 is 2.57 bits per heavy atom. The van der Waals surface area contributed by atoms with Gasteiger partial charge in [0.15, 0.2) is 0 Å². The second-order valence-electron chi connectivity index (χ2n) is 2.91. The molecule has 1 aliphatic rings. The summed E-state index contributed by atoms with van der Waals surface area (Å²) in [7, 11) is 0. The first-order chi connectivity index (χ1) is 6.65. The van der Waals surface area contributed by atoms with Crippen molar-refractivity contribution in [1.29, 1.82) is 10.5 Å². The minimum absolute atomic E-state index is 0.0712. The first kappa shape index (κ1) is 10.6. The number of rotatable bonds is 1. The maximum Gasteiger partial charge on any atom is 0.262 e. The Hall–Kier alpha value is -1.46. The molecule has 14 heavy (non-hydrogen) atoms. The minimum atomic E-state index is -0.405. The van der Waals surface area contributed by atoms with Gasteiger partial charge < -0.3 is 5.32 Å². The van der Waals surface area contributed by atoms with Crippen molar-refractivity contribution in [3.63, 3.8) is 0 Å². The molecule has 0 fully saturated rings. The van der Waals surface area contributed by atoms with E-state index in [0.717, 1.165) is 0 Å². The molecular weight excluding hydrogens is 198 g/mol. The third-order valence-corrected chi connectivity index (χ3v) is 3.07. The summed E-state index contributed by atoms with van der Waals surface area (Å²) in [6.07, 6.45) is 1.82. The quantitative estimate of drug-likeness (QED) is 0.689. The number of amides is 1. The van der Waals surface area contributed by atoms with Crippen molar-refractivity contribution in [3.05, 3.63) is 11.1 Å². The van der Waals surface area contributed by atoms with Gasteiger partial charge in [0, 0.05) is 0 Å². The van der Waals surface area contributed by atoms with E-state index in [2.05, 4.69) is 11.4 Å². The van der Waals surface area contributed by atoms with Gasteiger partial charge in [-0.05, 0) is 18.8 Å². The normalized spacial score (nSPS) is 26.4. The third kappa shape index (κ3) is 1.59. The highest BCUT2D eigenvalue weighted by molar-refractivity contribution is 7.99. The molecule has 0 saturated carbocycles. The second-order valence-corrected chi connectivity index (χ2v) is 3.89. The predicted molar refractivity (Wildman–Crippen MR) is 52.9 cm³/mol. The highest BCUT2D eigenvalue weighted by atomic mass is 32.2. The van der Waals surface area contributed by atoms with Crippen LogP contribution in [0.25, 0.3) is 0 Å². The van der Waals surface area contributed by atoms with Gasteiger partial charge in [-0.2, -0.15) is 10.5 Å². The molecule has 4 nitrogen and oxygen atoms in total. The standard InChI is InChI=1S/C9H9N3OS/c1-5-6(3-10)8(13)12-9(14-2)7(5)4-11/h7,9H,1-2H3,(H,12,13). The number of carbonyl (C=O) groups excluding carboxylic acids is 1. The lowest BCUT2D eigenvalue weighted by Crippen LogP contribution is -2.43. The van der Waals surface area contributed by atoms with Gasteiger partial charge in [-0.15, -0.1) is 11.8 Å². The molecule has 0 radical (unpaired) electrons. The molecule has 2 atom stereocenters. The molecule has 0 aliphatic carbocycles. The van der Waals surface area contributed by atoms with Gasteiger partial charge in [-0.3, -0.25) is 4.79 Å². The summed E-state index contributed by atoms with van der Waals surface area (Å²) >= 11 is 1.40. The second kappa shape index (κ2) is 4.17. The number of nitrogens with zero attached hydrogens (tertiary/aromatic N) is 2. The zero-order valence-electron chi connectivity index (χ0n) is 7.87. The van der Waals surface area contributed by atoms with Gasteiger partial charge in [-0.25, -0.2) is 0 Å². The molecule has 0 aromatic heterocycles. The number of nitriles is 2. The summed E-state index contributed by atoms with van der Waals surface area (Å²) < 4.78 is 0. The molecule has 0 aromatic carbocycles. The van der Waals surface area contributed by atoms with Crippen molar-refractivity contribution in [3.8, 4) is 12.1 Å². The molecule has 0 spiro atoms. The van der Waals surface area contributed by atoms with E-state index in [1.165, 1.54) is 11.8 Å². The van der Waals surface area contributed by atoms with Crippen molar-refractivity contribution in [1.82, 2.24) is 5.32 Å². The van der Waals surface area contributed by atoms with Crippen molar-refractivity contribution < 1.29 is 4.79 Å². The lowest BCUT2D eigenvalue weighted by molar-refractivity contribution is -0.117. The van der Waals surface area contributed by atoms with E-state index in [0.29, 0.717) is 5.57 Å². The number of hydrogen-bond donors (Lipinski definition) is 1. The zero-order chi connectivity index (χ0) is 10.7. The summed E-state index contributed by atoms with van der Waals surface area (Å²) in [6, 6.07) is 3.91. The van der Waals surface area contributed by atoms with Gasteiger partial charge in [0.05, 0.1) is 17.4 Å². The summed E-state index contributed by atoms with van der Waals surface area (Å²) in [5, 5.41) is 20.0. The van der Waals surface area contributed by atoms with Crippen LogP contribution in [-0.4, -0.2) is 17.5 Å². The Balaban J connectivity index is 3.16. The monoisotopic (exact) mass is 207 g/mol. The molecule has 1 amide bonds. The molecule has 5 heteroatoms. The fraction of sp³-hybridized carbons (Fsp3) is 0.444. The zero-order valence-corrected chi connectivity index (χ0v) is 8.68. The van der Waals surface area contributed by atoms with Crippen LogP contribution in [-0.2, 0) is 4.79 Å². The van der Waals surface area contributed by atoms with E-state index >= 15 is 0 Å². The number of thioether (sulfide) groups is 1. The summed E-state index contributed by atoms with van der Waals surface area (Å²) in [5.41, 5.74) is 0.639. The van der Waals surface area contributed by atoms with Gasteiger partial charge in [-0.1, -0.05) is 0 Å². The Kier molecular flexibility index (Phi) is 3.16. The van der Waals surface area contributed by atoms with Gasteiger partial charge in [0.1, 0.15) is 11.6 Å². The van der Waals surface area contributed by atoms with E-state index in [4.69, 9.17) is 10.5 Å². The van der Waals surface area contributed by atoms with Crippen molar-refractivity contribution in [2.45, 2.75) is 12.3 Å². The first-order valence-electron chi connectivity index (χ1n) is 3.99. The van der Waals surface area contributed by atoms with Crippen LogP contribution in [0.5, 0.6) is 0 Å². The lowest BCUT2D eigenvalue weighted by atomic mass is 9.93. The summed E-state index contributed by atoms with van der Waals surface area (Å²) in [4.78, 5) is 11.4. The molecule has 72 valence electrons. The van der Waals surface area contributed by atoms with Crippen molar-refractivity contribution in [2.24, 2.45) is 5.92 Å². The smallest absolute Gasteiger partial charge is 0.262 e. The van der Waals surface area contributed by atoms with Crippen LogP contribution in [0.2, 0.25) is 0 Å². The van der Waals surface area contributed by atoms with E-state index in [9.17, 15) is 4.79 Å². The molecule has 1 aliphatic heterocycles. The van der Waals surface area contributed by atoms with Crippen LogP contribution in [0.15, 0.2) is 11.1 Å². The summed E-state index contributed by atoms with van der Waals surface area (Å²) in [6.45, 7) is 1.66. The molecule has 1 heterocycles. The Morgan fingerprint density at radius 1 is 1.50 bits per heavy atom. The van der Waals surface area contributed by atoms with E-state index in [-0.39, 0.29) is 16.9 Å². The van der Waals surface area contributed by atoms with Gasteiger partial charge in [0.2, 0.25) is 0 Å².